The molecule has 1 saturated heterocycles. The van der Waals surface area contributed by atoms with Crippen molar-refractivity contribution in [3.05, 3.63) is 53.3 Å². The maximum Gasteiger partial charge on any atom is 0.244 e. The molecule has 1 fully saturated rings. The first-order valence-electron chi connectivity index (χ1n) is 8.01. The van der Waals surface area contributed by atoms with Crippen LogP contribution in [0.1, 0.15) is 23.2 Å². The van der Waals surface area contributed by atoms with Gasteiger partial charge in [-0.2, -0.15) is 9.57 Å². The first kappa shape index (κ1) is 17.4. The molecule has 0 amide bonds. The summed E-state index contributed by atoms with van der Waals surface area (Å²) in [6, 6.07) is 10.6. The molecule has 2 aromatic rings. The van der Waals surface area contributed by atoms with E-state index in [1.807, 2.05) is 25.1 Å². The van der Waals surface area contributed by atoms with Crippen molar-refractivity contribution in [2.75, 3.05) is 13.1 Å². The Bertz CT molecular complexity index is 918. The molecular weight excluding hydrogens is 338 g/mol. The van der Waals surface area contributed by atoms with Crippen LogP contribution in [-0.2, 0) is 10.0 Å². The lowest BCUT2D eigenvalue weighted by molar-refractivity contribution is 0.214. The zero-order valence-electron chi connectivity index (χ0n) is 14.1. The maximum absolute atomic E-state index is 12.9. The Hall–Kier alpha value is -2.43. The third-order valence-corrected chi connectivity index (χ3v) is 6.17. The fourth-order valence-electron chi connectivity index (χ4n) is 2.87. The SMILES string of the molecule is Cc1ccc(O[C@H]2CCN(S(=O)(=O)c3cccc(C)c3C#N)C2)cn1. The second kappa shape index (κ2) is 6.82. The quantitative estimate of drug-likeness (QED) is 0.839. The van der Waals surface area contributed by atoms with Crippen molar-refractivity contribution in [1.29, 1.82) is 5.26 Å². The lowest BCUT2D eigenvalue weighted by Crippen LogP contribution is -2.31. The standard InChI is InChI=1S/C18H19N3O3S/c1-13-4-3-5-18(17(13)10-19)25(22,23)21-9-8-16(12-21)24-15-7-6-14(2)20-11-15/h3-7,11,16H,8-9,12H2,1-2H3/t16-/m0/s1. The summed E-state index contributed by atoms with van der Waals surface area (Å²) in [6.07, 6.45) is 2.01. The van der Waals surface area contributed by atoms with Crippen molar-refractivity contribution < 1.29 is 13.2 Å². The van der Waals surface area contributed by atoms with Crippen LogP contribution in [0.4, 0.5) is 0 Å². The van der Waals surface area contributed by atoms with Gasteiger partial charge in [-0.3, -0.25) is 4.98 Å². The molecule has 1 atom stereocenters. The van der Waals surface area contributed by atoms with Crippen LogP contribution in [-0.4, -0.2) is 36.9 Å². The highest BCUT2D eigenvalue weighted by atomic mass is 32.2. The number of aromatic nitrogens is 1. The molecule has 6 nitrogen and oxygen atoms in total. The normalized spacial score (nSPS) is 18.0. The molecule has 3 rings (SSSR count). The summed E-state index contributed by atoms with van der Waals surface area (Å²) < 4.78 is 33.1. The fraction of sp³-hybridized carbons (Fsp3) is 0.333. The zero-order chi connectivity index (χ0) is 18.0. The average Bonchev–Trinajstić information content (AvgIpc) is 3.06. The smallest absolute Gasteiger partial charge is 0.244 e. The molecule has 0 unspecified atom stereocenters. The van der Waals surface area contributed by atoms with Gasteiger partial charge in [0.2, 0.25) is 10.0 Å². The van der Waals surface area contributed by atoms with Crippen molar-refractivity contribution in [3.63, 3.8) is 0 Å². The Morgan fingerprint density at radius 3 is 2.76 bits per heavy atom. The number of nitrogens with zero attached hydrogens (tertiary/aromatic N) is 3. The second-order valence-electron chi connectivity index (χ2n) is 6.09. The maximum atomic E-state index is 12.9. The molecular formula is C18H19N3O3S. The molecule has 130 valence electrons. The number of rotatable bonds is 4. The molecule has 0 radical (unpaired) electrons. The summed E-state index contributed by atoms with van der Waals surface area (Å²) in [6.45, 7) is 4.25. The Morgan fingerprint density at radius 2 is 2.08 bits per heavy atom. The topological polar surface area (TPSA) is 83.3 Å². The van der Waals surface area contributed by atoms with Crippen LogP contribution in [0.15, 0.2) is 41.4 Å². The van der Waals surface area contributed by atoms with Crippen molar-refractivity contribution in [2.45, 2.75) is 31.3 Å². The van der Waals surface area contributed by atoms with Gasteiger partial charge in [0, 0.05) is 12.2 Å². The van der Waals surface area contributed by atoms with Gasteiger partial charge in [-0.25, -0.2) is 8.42 Å². The number of pyridine rings is 1. The average molecular weight is 357 g/mol. The Morgan fingerprint density at radius 1 is 1.28 bits per heavy atom. The minimum Gasteiger partial charge on any atom is -0.487 e. The summed E-state index contributed by atoms with van der Waals surface area (Å²) in [7, 11) is -3.72. The molecule has 2 heterocycles. The molecule has 1 aliphatic heterocycles. The molecule has 0 aliphatic carbocycles. The van der Waals surface area contributed by atoms with Gasteiger partial charge in [0.1, 0.15) is 22.8 Å². The van der Waals surface area contributed by atoms with Gasteiger partial charge in [-0.05, 0) is 44.0 Å². The molecule has 1 aromatic carbocycles. The second-order valence-corrected chi connectivity index (χ2v) is 7.99. The lowest BCUT2D eigenvalue weighted by atomic mass is 10.1. The predicted octanol–water partition coefficient (Wildman–Crippen LogP) is 2.41. The van der Waals surface area contributed by atoms with Crippen LogP contribution >= 0.6 is 0 Å². The van der Waals surface area contributed by atoms with Gasteiger partial charge < -0.3 is 4.74 Å². The van der Waals surface area contributed by atoms with E-state index in [0.29, 0.717) is 24.3 Å². The van der Waals surface area contributed by atoms with Crippen LogP contribution in [0.5, 0.6) is 5.75 Å². The number of aryl methyl sites for hydroxylation is 2. The molecule has 1 aromatic heterocycles. The third kappa shape index (κ3) is 3.50. The van der Waals surface area contributed by atoms with Crippen molar-refractivity contribution in [1.82, 2.24) is 9.29 Å². The van der Waals surface area contributed by atoms with Crippen LogP contribution in [0.25, 0.3) is 0 Å². The van der Waals surface area contributed by atoms with Gasteiger partial charge in [0.15, 0.2) is 0 Å². The highest BCUT2D eigenvalue weighted by Gasteiger charge is 2.35. The Kier molecular flexibility index (Phi) is 4.75. The summed E-state index contributed by atoms with van der Waals surface area (Å²) in [4.78, 5) is 4.24. The van der Waals surface area contributed by atoms with Crippen molar-refractivity contribution in [2.24, 2.45) is 0 Å². The van der Waals surface area contributed by atoms with Crippen molar-refractivity contribution >= 4 is 10.0 Å². The molecule has 1 aliphatic rings. The number of hydrogen-bond donors (Lipinski definition) is 0. The van der Waals surface area contributed by atoms with Crippen LogP contribution in [0.3, 0.4) is 0 Å². The van der Waals surface area contributed by atoms with E-state index >= 15 is 0 Å². The number of hydrogen-bond acceptors (Lipinski definition) is 5. The number of nitriles is 1. The van der Waals surface area contributed by atoms with Gasteiger partial charge in [-0.1, -0.05) is 12.1 Å². The monoisotopic (exact) mass is 357 g/mol. The summed E-state index contributed by atoms with van der Waals surface area (Å²) in [5.74, 6) is 0.628. The number of ether oxygens (including phenoxy) is 1. The Labute approximate surface area is 147 Å². The molecule has 0 saturated carbocycles. The minimum absolute atomic E-state index is 0.0626. The first-order chi connectivity index (χ1) is 11.9. The molecule has 0 spiro atoms. The molecule has 0 bridgehead atoms. The predicted molar refractivity (Wildman–Crippen MR) is 92.7 cm³/mol. The van der Waals surface area contributed by atoms with Crippen molar-refractivity contribution in [3.8, 4) is 11.8 Å². The van der Waals surface area contributed by atoms with E-state index in [1.54, 1.807) is 25.3 Å². The van der Waals surface area contributed by atoms with E-state index in [2.05, 4.69) is 4.98 Å². The summed E-state index contributed by atoms with van der Waals surface area (Å²) in [5.41, 5.74) is 1.75. The third-order valence-electron chi connectivity index (χ3n) is 4.26. The van der Waals surface area contributed by atoms with Gasteiger partial charge >= 0.3 is 0 Å². The Balaban J connectivity index is 1.78. The van der Waals surface area contributed by atoms with E-state index in [4.69, 9.17) is 4.74 Å². The van der Waals surface area contributed by atoms with Gasteiger partial charge in [0.25, 0.3) is 0 Å². The molecule has 25 heavy (non-hydrogen) atoms. The fourth-order valence-corrected chi connectivity index (χ4v) is 4.57. The van der Waals surface area contributed by atoms with Crippen LogP contribution < -0.4 is 4.74 Å². The van der Waals surface area contributed by atoms with Crippen LogP contribution in [0.2, 0.25) is 0 Å². The van der Waals surface area contributed by atoms with Gasteiger partial charge in [-0.15, -0.1) is 0 Å². The first-order valence-corrected chi connectivity index (χ1v) is 9.45. The van der Waals surface area contributed by atoms with E-state index < -0.39 is 10.0 Å². The molecule has 0 N–H and O–H groups in total. The van der Waals surface area contributed by atoms with E-state index in [-0.39, 0.29) is 23.1 Å². The summed E-state index contributed by atoms with van der Waals surface area (Å²) >= 11 is 0. The highest BCUT2D eigenvalue weighted by Crippen LogP contribution is 2.27. The number of sulfonamides is 1. The lowest BCUT2D eigenvalue weighted by Gasteiger charge is -2.18. The summed E-state index contributed by atoms with van der Waals surface area (Å²) in [5, 5.41) is 9.31. The van der Waals surface area contributed by atoms with Crippen LogP contribution in [0, 0.1) is 25.2 Å². The van der Waals surface area contributed by atoms with E-state index in [0.717, 1.165) is 5.69 Å². The zero-order valence-corrected chi connectivity index (χ0v) is 15.0. The molecule has 7 heteroatoms. The van der Waals surface area contributed by atoms with Gasteiger partial charge in [0.05, 0.1) is 18.3 Å². The largest absolute Gasteiger partial charge is 0.487 e. The van der Waals surface area contributed by atoms with E-state index in [9.17, 15) is 13.7 Å². The minimum atomic E-state index is -3.72. The number of benzene rings is 1. The van der Waals surface area contributed by atoms with E-state index in [1.165, 1.54) is 10.4 Å². The highest BCUT2D eigenvalue weighted by molar-refractivity contribution is 7.89.